The molecule has 0 bridgehead atoms. The van der Waals surface area contributed by atoms with E-state index < -0.39 is 0 Å². The zero-order valence-corrected chi connectivity index (χ0v) is 16.5. The van der Waals surface area contributed by atoms with E-state index >= 15 is 0 Å². The van der Waals surface area contributed by atoms with Gasteiger partial charge in [0.2, 0.25) is 0 Å². The maximum absolute atomic E-state index is 10.8. The third-order valence-electron chi connectivity index (χ3n) is 6.72. The van der Waals surface area contributed by atoms with Gasteiger partial charge in [0.25, 0.3) is 0 Å². The summed E-state index contributed by atoms with van der Waals surface area (Å²) in [5.41, 5.74) is 1.43. The molecule has 5 heteroatoms. The highest BCUT2D eigenvalue weighted by molar-refractivity contribution is 5.14. The molecule has 0 radical (unpaired) electrons. The summed E-state index contributed by atoms with van der Waals surface area (Å²) in [6, 6.07) is 11.7. The molecule has 1 aromatic rings. The molecule has 3 aliphatic rings. The first-order chi connectivity index (χ1) is 13.3. The molecule has 27 heavy (non-hydrogen) atoms. The first-order valence-electron chi connectivity index (χ1n) is 10.8. The van der Waals surface area contributed by atoms with E-state index in [1.165, 1.54) is 5.56 Å². The van der Waals surface area contributed by atoms with E-state index in [2.05, 4.69) is 45.0 Å². The van der Waals surface area contributed by atoms with E-state index in [1.54, 1.807) is 0 Å². The van der Waals surface area contributed by atoms with Gasteiger partial charge < -0.3 is 14.7 Å². The van der Waals surface area contributed by atoms with E-state index in [0.717, 1.165) is 84.7 Å². The second kappa shape index (κ2) is 9.48. The summed E-state index contributed by atoms with van der Waals surface area (Å²) in [6.45, 7) is 9.30. The molecule has 3 heterocycles. The van der Waals surface area contributed by atoms with Crippen molar-refractivity contribution in [2.24, 2.45) is 0 Å². The number of nitrogens with zero attached hydrogens (tertiary/aromatic N) is 3. The van der Waals surface area contributed by atoms with Crippen molar-refractivity contribution in [3.05, 3.63) is 35.9 Å². The number of aliphatic hydroxyl groups is 1. The van der Waals surface area contributed by atoms with Gasteiger partial charge in [0.1, 0.15) is 0 Å². The molecule has 0 aliphatic carbocycles. The smallest absolute Gasteiger partial charge is 0.0822 e. The lowest BCUT2D eigenvalue weighted by molar-refractivity contribution is -0.0540. The van der Waals surface area contributed by atoms with Gasteiger partial charge >= 0.3 is 0 Å². The second-order valence-corrected chi connectivity index (χ2v) is 8.38. The quantitative estimate of drug-likeness (QED) is 0.846. The third kappa shape index (κ3) is 5.09. The number of ether oxygens (including phenoxy) is 1. The number of likely N-dealkylation sites (tertiary alicyclic amines) is 1. The van der Waals surface area contributed by atoms with Crippen molar-refractivity contribution >= 4 is 0 Å². The van der Waals surface area contributed by atoms with Crippen molar-refractivity contribution in [1.29, 1.82) is 0 Å². The van der Waals surface area contributed by atoms with E-state index in [4.69, 9.17) is 4.74 Å². The summed E-state index contributed by atoms with van der Waals surface area (Å²) in [6.07, 6.45) is 4.27. The van der Waals surface area contributed by atoms with Crippen LogP contribution in [0.3, 0.4) is 0 Å². The normalized spacial score (nSPS) is 29.8. The number of rotatable bonds is 5. The average molecular weight is 374 g/mol. The number of benzene rings is 1. The minimum Gasteiger partial charge on any atom is -0.390 e. The van der Waals surface area contributed by atoms with Crippen molar-refractivity contribution in [2.75, 3.05) is 59.0 Å². The molecular weight excluding hydrogens is 338 g/mol. The van der Waals surface area contributed by atoms with Crippen LogP contribution in [0, 0.1) is 0 Å². The maximum atomic E-state index is 10.8. The van der Waals surface area contributed by atoms with Crippen LogP contribution in [-0.2, 0) is 11.2 Å². The number of aliphatic hydroxyl groups excluding tert-OH is 1. The predicted octanol–water partition coefficient (Wildman–Crippen LogP) is 1.46. The monoisotopic (exact) mass is 373 g/mol. The van der Waals surface area contributed by atoms with Gasteiger partial charge in [-0.25, -0.2) is 0 Å². The Labute approximate surface area is 163 Å². The standard InChI is InChI=1S/C22H35N3O2/c26-22-18-25(20-8-16-27-17-9-20)11-7-21(22)24-14-12-23(13-15-24)10-6-19-4-2-1-3-5-19/h1-5,20-22,26H,6-18H2/t21-,22-/m1/s1. The highest BCUT2D eigenvalue weighted by Gasteiger charge is 2.36. The second-order valence-electron chi connectivity index (χ2n) is 8.38. The first-order valence-corrected chi connectivity index (χ1v) is 10.8. The Morgan fingerprint density at radius 2 is 1.63 bits per heavy atom. The average Bonchev–Trinajstić information content (AvgIpc) is 2.74. The van der Waals surface area contributed by atoms with Gasteiger partial charge in [0.15, 0.2) is 0 Å². The Balaban J connectivity index is 1.20. The van der Waals surface area contributed by atoms with Crippen molar-refractivity contribution in [2.45, 2.75) is 43.9 Å². The van der Waals surface area contributed by atoms with Crippen molar-refractivity contribution in [3.8, 4) is 0 Å². The highest BCUT2D eigenvalue weighted by Crippen LogP contribution is 2.24. The molecule has 0 spiro atoms. The predicted molar refractivity (Wildman–Crippen MR) is 108 cm³/mol. The lowest BCUT2D eigenvalue weighted by atomic mass is 9.96. The number of piperazine rings is 1. The van der Waals surface area contributed by atoms with Crippen LogP contribution in [0.25, 0.3) is 0 Å². The lowest BCUT2D eigenvalue weighted by Gasteiger charge is -2.47. The van der Waals surface area contributed by atoms with E-state index in [9.17, 15) is 5.11 Å². The first kappa shape index (κ1) is 19.3. The van der Waals surface area contributed by atoms with Crippen LogP contribution in [0.2, 0.25) is 0 Å². The number of β-amino-alcohol motifs (C(OH)–C–C–N with tert-alkyl or cyclic N) is 1. The van der Waals surface area contributed by atoms with Gasteiger partial charge in [0.05, 0.1) is 6.10 Å². The fraction of sp³-hybridized carbons (Fsp3) is 0.727. The molecule has 1 aromatic carbocycles. The topological polar surface area (TPSA) is 39.2 Å². The summed E-state index contributed by atoms with van der Waals surface area (Å²) in [5.74, 6) is 0. The Hall–Kier alpha value is -0.980. The zero-order chi connectivity index (χ0) is 18.5. The summed E-state index contributed by atoms with van der Waals surface area (Å²) >= 11 is 0. The molecule has 3 saturated heterocycles. The van der Waals surface area contributed by atoms with E-state index in [1.807, 2.05) is 0 Å². The van der Waals surface area contributed by atoms with Gasteiger partial charge in [0, 0.05) is 71.1 Å². The summed E-state index contributed by atoms with van der Waals surface area (Å²) in [4.78, 5) is 7.64. The molecule has 0 saturated carbocycles. The molecule has 5 nitrogen and oxygen atoms in total. The van der Waals surface area contributed by atoms with Crippen LogP contribution in [0.1, 0.15) is 24.8 Å². The van der Waals surface area contributed by atoms with Gasteiger partial charge in [-0.2, -0.15) is 0 Å². The van der Waals surface area contributed by atoms with Crippen LogP contribution >= 0.6 is 0 Å². The highest BCUT2D eigenvalue weighted by atomic mass is 16.5. The molecular formula is C22H35N3O2. The molecule has 4 rings (SSSR count). The summed E-state index contributed by atoms with van der Waals surface area (Å²) in [7, 11) is 0. The summed E-state index contributed by atoms with van der Waals surface area (Å²) in [5, 5.41) is 10.8. The minimum atomic E-state index is -0.211. The van der Waals surface area contributed by atoms with Crippen LogP contribution < -0.4 is 0 Å². The van der Waals surface area contributed by atoms with Crippen LogP contribution in [0.4, 0.5) is 0 Å². The van der Waals surface area contributed by atoms with Gasteiger partial charge in [-0.1, -0.05) is 30.3 Å². The molecule has 0 amide bonds. The van der Waals surface area contributed by atoms with E-state index in [0.29, 0.717) is 12.1 Å². The van der Waals surface area contributed by atoms with Crippen molar-refractivity contribution in [3.63, 3.8) is 0 Å². The fourth-order valence-electron chi connectivity index (χ4n) is 5.00. The number of hydrogen-bond acceptors (Lipinski definition) is 5. The molecule has 0 aromatic heterocycles. The lowest BCUT2D eigenvalue weighted by Crippen LogP contribution is -2.60. The van der Waals surface area contributed by atoms with Crippen molar-refractivity contribution in [1.82, 2.24) is 14.7 Å². The fourth-order valence-corrected chi connectivity index (χ4v) is 5.00. The van der Waals surface area contributed by atoms with Crippen LogP contribution in [0.15, 0.2) is 30.3 Å². The van der Waals surface area contributed by atoms with Gasteiger partial charge in [-0.3, -0.25) is 9.80 Å². The Morgan fingerprint density at radius 3 is 2.33 bits per heavy atom. The molecule has 1 N–H and O–H groups in total. The minimum absolute atomic E-state index is 0.211. The van der Waals surface area contributed by atoms with Gasteiger partial charge in [-0.15, -0.1) is 0 Å². The van der Waals surface area contributed by atoms with E-state index in [-0.39, 0.29) is 6.10 Å². The Bertz CT molecular complexity index is 556. The van der Waals surface area contributed by atoms with Crippen LogP contribution in [0.5, 0.6) is 0 Å². The zero-order valence-electron chi connectivity index (χ0n) is 16.5. The van der Waals surface area contributed by atoms with Crippen LogP contribution in [-0.4, -0.2) is 97.0 Å². The molecule has 3 aliphatic heterocycles. The Morgan fingerprint density at radius 1 is 0.889 bits per heavy atom. The summed E-state index contributed by atoms with van der Waals surface area (Å²) < 4.78 is 5.49. The molecule has 3 fully saturated rings. The van der Waals surface area contributed by atoms with Gasteiger partial charge in [-0.05, 0) is 31.2 Å². The third-order valence-corrected chi connectivity index (χ3v) is 6.72. The SMILES string of the molecule is O[C@@H]1CN(C2CCOCC2)CC[C@H]1N1CCN(CCc2ccccc2)CC1. The number of hydrogen-bond donors (Lipinski definition) is 1. The maximum Gasteiger partial charge on any atom is 0.0822 e. The molecule has 0 unspecified atom stereocenters. The largest absolute Gasteiger partial charge is 0.390 e. The molecule has 150 valence electrons. The Kier molecular flexibility index (Phi) is 6.79. The molecule has 2 atom stereocenters. The number of piperidine rings is 1. The van der Waals surface area contributed by atoms with Crippen molar-refractivity contribution < 1.29 is 9.84 Å².